The number of aryl methyl sites for hydroxylation is 1. The number of hydrogen-bond acceptors (Lipinski definition) is 6. The third kappa shape index (κ3) is 7.90. The topological polar surface area (TPSA) is 121 Å². The molecule has 2 amide bonds. The van der Waals surface area contributed by atoms with E-state index in [1.807, 2.05) is 85.0 Å². The number of hydrogen-bond donors (Lipinski definition) is 3. The Balaban J connectivity index is 1.40. The van der Waals surface area contributed by atoms with Crippen LogP contribution in [-0.2, 0) is 22.7 Å². The first-order chi connectivity index (χ1) is 20.7. The zero-order chi connectivity index (χ0) is 30.3. The number of amides is 2. The van der Waals surface area contributed by atoms with E-state index in [0.29, 0.717) is 44.6 Å². The molecule has 4 aromatic rings. The summed E-state index contributed by atoms with van der Waals surface area (Å²) in [4.78, 5) is 49.0. The first-order valence-electron chi connectivity index (χ1n) is 14.9. The summed E-state index contributed by atoms with van der Waals surface area (Å²) in [5.41, 5.74) is 3.17. The average molecular weight is 585 g/mol. The van der Waals surface area contributed by atoms with Crippen molar-refractivity contribution in [3.63, 3.8) is 0 Å². The van der Waals surface area contributed by atoms with Gasteiger partial charge in [0.25, 0.3) is 5.56 Å². The van der Waals surface area contributed by atoms with E-state index in [1.165, 1.54) is 0 Å². The van der Waals surface area contributed by atoms with E-state index in [1.54, 1.807) is 6.20 Å². The fourth-order valence-corrected chi connectivity index (χ4v) is 5.45. The number of aromatic nitrogens is 3. The molecular formula is C33H40N6O4. The summed E-state index contributed by atoms with van der Waals surface area (Å²) in [5.74, 6) is 1.24. The molecule has 0 spiro atoms. The molecule has 2 bridgehead atoms. The first-order valence-corrected chi connectivity index (χ1v) is 14.9. The molecule has 3 N–H and O–H groups in total. The number of pyridine rings is 1. The number of H-pyrrole nitrogens is 1. The van der Waals surface area contributed by atoms with Crippen molar-refractivity contribution in [3.8, 4) is 17.1 Å². The summed E-state index contributed by atoms with van der Waals surface area (Å²) < 4.78 is 8.08. The molecule has 0 saturated heterocycles. The van der Waals surface area contributed by atoms with Crippen LogP contribution < -0.4 is 20.9 Å². The second kappa shape index (κ2) is 13.7. The molecule has 0 saturated carbocycles. The second-order valence-corrected chi connectivity index (χ2v) is 11.6. The van der Waals surface area contributed by atoms with Crippen LogP contribution in [0.25, 0.3) is 22.3 Å². The van der Waals surface area contributed by atoms with Crippen LogP contribution in [0.5, 0.6) is 5.75 Å². The first kappa shape index (κ1) is 30.0. The highest BCUT2D eigenvalue weighted by Gasteiger charge is 2.23. The number of ether oxygens (including phenoxy) is 1. The molecule has 0 fully saturated rings. The zero-order valence-electron chi connectivity index (χ0n) is 25.1. The summed E-state index contributed by atoms with van der Waals surface area (Å²) >= 11 is 0. The van der Waals surface area contributed by atoms with Crippen molar-refractivity contribution < 1.29 is 14.3 Å². The largest absolute Gasteiger partial charge is 0.494 e. The molecule has 10 heteroatoms. The Morgan fingerprint density at radius 1 is 1.07 bits per heavy atom. The Morgan fingerprint density at radius 2 is 1.93 bits per heavy atom. The molecule has 3 heterocycles. The third-order valence-electron chi connectivity index (χ3n) is 7.55. The fraction of sp³-hybridized carbons (Fsp3) is 0.394. The van der Waals surface area contributed by atoms with Crippen LogP contribution in [0.4, 0.5) is 0 Å². The van der Waals surface area contributed by atoms with Gasteiger partial charge in [-0.05, 0) is 60.9 Å². The Bertz CT molecular complexity index is 1640. The Kier molecular flexibility index (Phi) is 9.56. The normalized spacial score (nSPS) is 17.4. The molecule has 226 valence electrons. The van der Waals surface area contributed by atoms with E-state index in [0.717, 1.165) is 33.6 Å². The summed E-state index contributed by atoms with van der Waals surface area (Å²) in [6.45, 7) is 8.23. The molecule has 10 nitrogen and oxygen atoms in total. The van der Waals surface area contributed by atoms with Crippen molar-refractivity contribution in [3.05, 3.63) is 82.4 Å². The number of nitrogens with zero attached hydrogens (tertiary/aromatic N) is 3. The van der Waals surface area contributed by atoms with Crippen molar-refractivity contribution in [2.75, 3.05) is 26.2 Å². The monoisotopic (exact) mass is 584 g/mol. The number of imidazole rings is 1. The maximum atomic E-state index is 13.3. The van der Waals surface area contributed by atoms with Gasteiger partial charge in [-0.15, -0.1) is 0 Å². The highest BCUT2D eigenvalue weighted by atomic mass is 16.5. The van der Waals surface area contributed by atoms with E-state index in [2.05, 4.69) is 20.6 Å². The maximum absolute atomic E-state index is 13.3. The minimum absolute atomic E-state index is 0.0428. The fourth-order valence-electron chi connectivity index (χ4n) is 5.45. The number of aromatic amines is 1. The van der Waals surface area contributed by atoms with Crippen molar-refractivity contribution in [1.82, 2.24) is 30.1 Å². The van der Waals surface area contributed by atoms with Gasteiger partial charge in [-0.3, -0.25) is 19.3 Å². The lowest BCUT2D eigenvalue weighted by Gasteiger charge is -2.25. The highest BCUT2D eigenvalue weighted by Crippen LogP contribution is 2.23. The van der Waals surface area contributed by atoms with Crippen LogP contribution in [0.3, 0.4) is 0 Å². The van der Waals surface area contributed by atoms with Gasteiger partial charge in [-0.1, -0.05) is 38.1 Å². The molecular weight excluding hydrogens is 544 g/mol. The van der Waals surface area contributed by atoms with Gasteiger partial charge in [0, 0.05) is 55.2 Å². The molecule has 1 aliphatic heterocycles. The summed E-state index contributed by atoms with van der Waals surface area (Å²) in [5, 5.41) is 6.89. The number of carbonyl (C=O) groups excluding carboxylic acids is 2. The third-order valence-corrected chi connectivity index (χ3v) is 7.55. The van der Waals surface area contributed by atoms with E-state index >= 15 is 0 Å². The predicted octanol–water partition coefficient (Wildman–Crippen LogP) is 3.63. The van der Waals surface area contributed by atoms with Gasteiger partial charge >= 0.3 is 0 Å². The number of rotatable bonds is 4. The zero-order valence-corrected chi connectivity index (χ0v) is 25.1. The van der Waals surface area contributed by atoms with Crippen LogP contribution in [0.1, 0.15) is 37.8 Å². The van der Waals surface area contributed by atoms with Gasteiger partial charge in [0.1, 0.15) is 17.6 Å². The predicted molar refractivity (Wildman–Crippen MR) is 167 cm³/mol. The molecule has 43 heavy (non-hydrogen) atoms. The lowest BCUT2D eigenvalue weighted by Crippen LogP contribution is -2.50. The molecule has 0 aliphatic carbocycles. The second-order valence-electron chi connectivity index (χ2n) is 11.6. The highest BCUT2D eigenvalue weighted by molar-refractivity contribution is 5.88. The van der Waals surface area contributed by atoms with Gasteiger partial charge in [-0.25, -0.2) is 4.98 Å². The number of nitrogens with one attached hydrogen (secondary N) is 3. The van der Waals surface area contributed by atoms with Crippen LogP contribution in [-0.4, -0.2) is 63.5 Å². The molecule has 5 rings (SSSR count). The smallest absolute Gasteiger partial charge is 0.252 e. The van der Waals surface area contributed by atoms with E-state index < -0.39 is 6.04 Å². The number of carbonyl (C=O) groups is 2. The van der Waals surface area contributed by atoms with Gasteiger partial charge in [0.2, 0.25) is 11.8 Å². The van der Waals surface area contributed by atoms with Crippen LogP contribution in [0.2, 0.25) is 0 Å². The number of fused-ring (bicyclic) bond motifs is 5. The maximum Gasteiger partial charge on any atom is 0.252 e. The van der Waals surface area contributed by atoms with E-state index in [-0.39, 0.29) is 36.4 Å². The van der Waals surface area contributed by atoms with Crippen molar-refractivity contribution >= 4 is 22.7 Å². The summed E-state index contributed by atoms with van der Waals surface area (Å²) in [7, 11) is 0. The number of benzene rings is 2. The van der Waals surface area contributed by atoms with E-state index in [9.17, 15) is 14.4 Å². The molecule has 1 aliphatic rings. The Hall–Kier alpha value is -4.44. The van der Waals surface area contributed by atoms with Crippen molar-refractivity contribution in [2.24, 2.45) is 5.92 Å². The van der Waals surface area contributed by atoms with Crippen molar-refractivity contribution in [1.29, 1.82) is 0 Å². The molecule has 2 aromatic carbocycles. The Morgan fingerprint density at radius 3 is 2.77 bits per heavy atom. The molecule has 0 radical (unpaired) electrons. The average Bonchev–Trinajstić information content (AvgIpc) is 3.43. The summed E-state index contributed by atoms with van der Waals surface area (Å²) in [6.07, 6.45) is 4.77. The van der Waals surface area contributed by atoms with E-state index in [4.69, 9.17) is 4.74 Å². The standard InChI is InChI=1S/C33H40N6O4/c1-22(2)16-29-33(42)35-11-14-39-13-10-34-31(39)25-6-4-7-27(19-25)43-15-5-12-38(21-30(40)36-29)20-26-18-24-9-8-23(3)17-28(24)37-32(26)41/h4,6-10,13,17-19,22,29H,5,11-12,14-16,20-21H2,1-3H3,(H,35,42)(H,36,40)(H,37,41)/t29-/m1/s1. The SMILES string of the molecule is Cc1ccc2cc(CN3CCCOc4cccc(c4)-c4nccn4CCNC(=O)[C@@H](CC(C)C)NC(=O)C3)c(=O)[nH]c2c1. The van der Waals surface area contributed by atoms with Gasteiger partial charge in [0.15, 0.2) is 0 Å². The lowest BCUT2D eigenvalue weighted by molar-refractivity contribution is -0.130. The lowest BCUT2D eigenvalue weighted by atomic mass is 10.0. The minimum atomic E-state index is -0.664. The van der Waals surface area contributed by atoms with Gasteiger partial charge < -0.3 is 24.9 Å². The van der Waals surface area contributed by atoms with Gasteiger partial charge in [0.05, 0.1) is 13.2 Å². The van der Waals surface area contributed by atoms with Crippen LogP contribution in [0.15, 0.2) is 65.7 Å². The van der Waals surface area contributed by atoms with Crippen molar-refractivity contribution in [2.45, 2.75) is 52.7 Å². The van der Waals surface area contributed by atoms with Crippen LogP contribution >= 0.6 is 0 Å². The van der Waals surface area contributed by atoms with Gasteiger partial charge in [-0.2, -0.15) is 0 Å². The Labute approximate surface area is 251 Å². The molecule has 0 unspecified atom stereocenters. The molecule has 2 aromatic heterocycles. The minimum Gasteiger partial charge on any atom is -0.494 e. The van der Waals surface area contributed by atoms with Crippen LogP contribution in [0, 0.1) is 12.8 Å². The molecule has 1 atom stereocenters. The summed E-state index contributed by atoms with van der Waals surface area (Å²) in [6, 6.07) is 15.0. The quantitative estimate of drug-likeness (QED) is 0.337.